The summed E-state index contributed by atoms with van der Waals surface area (Å²) in [4.78, 5) is 14.6. The van der Waals surface area contributed by atoms with Crippen LogP contribution in [0.25, 0.3) is 0 Å². The molecule has 3 nitrogen and oxygen atoms in total. The van der Waals surface area contributed by atoms with Crippen LogP contribution in [0.1, 0.15) is 18.4 Å². The van der Waals surface area contributed by atoms with Gasteiger partial charge in [-0.15, -0.1) is 0 Å². The molecule has 1 aliphatic heterocycles. The van der Waals surface area contributed by atoms with Gasteiger partial charge in [0.25, 0.3) is 0 Å². The highest BCUT2D eigenvalue weighted by atomic mass is 35.5. The standard InChI is InChI=1S/C20H23ClN2O/c21-18-7-4-8-19(15-18)23-13-10-17(11-14-23)20(24)22-12-9-16-5-2-1-3-6-16/h1-8,15,17H,9-14H2,(H,22,24). The summed E-state index contributed by atoms with van der Waals surface area (Å²) in [6.07, 6.45) is 2.67. The fourth-order valence-corrected chi connectivity index (χ4v) is 3.38. The number of hydrogen-bond acceptors (Lipinski definition) is 2. The Bertz CT molecular complexity index is 666. The summed E-state index contributed by atoms with van der Waals surface area (Å²) in [7, 11) is 0. The van der Waals surface area contributed by atoms with Gasteiger partial charge in [-0.25, -0.2) is 0 Å². The van der Waals surface area contributed by atoms with Gasteiger partial charge in [0.1, 0.15) is 0 Å². The molecule has 0 saturated carbocycles. The molecule has 1 heterocycles. The number of halogens is 1. The van der Waals surface area contributed by atoms with Crippen molar-refractivity contribution in [3.63, 3.8) is 0 Å². The first-order valence-electron chi connectivity index (χ1n) is 8.54. The van der Waals surface area contributed by atoms with Crippen molar-refractivity contribution in [2.24, 2.45) is 5.92 Å². The summed E-state index contributed by atoms with van der Waals surface area (Å²) in [6, 6.07) is 18.2. The third-order valence-corrected chi connectivity index (χ3v) is 4.83. The van der Waals surface area contributed by atoms with Crippen LogP contribution in [0.15, 0.2) is 54.6 Å². The van der Waals surface area contributed by atoms with Crippen molar-refractivity contribution in [2.75, 3.05) is 24.5 Å². The van der Waals surface area contributed by atoms with Gasteiger partial charge < -0.3 is 10.2 Å². The number of anilines is 1. The fourth-order valence-electron chi connectivity index (χ4n) is 3.19. The third-order valence-electron chi connectivity index (χ3n) is 4.59. The van der Waals surface area contributed by atoms with Gasteiger partial charge in [0.15, 0.2) is 0 Å². The molecule has 1 N–H and O–H groups in total. The Morgan fingerprint density at radius 2 is 1.83 bits per heavy atom. The highest BCUT2D eigenvalue weighted by molar-refractivity contribution is 6.30. The molecular weight excluding hydrogens is 320 g/mol. The lowest BCUT2D eigenvalue weighted by Gasteiger charge is -2.33. The minimum atomic E-state index is 0.121. The Balaban J connectivity index is 1.43. The SMILES string of the molecule is O=C(NCCc1ccccc1)C1CCN(c2cccc(Cl)c2)CC1. The quantitative estimate of drug-likeness (QED) is 0.893. The molecule has 0 bridgehead atoms. The molecule has 0 spiro atoms. The number of nitrogens with zero attached hydrogens (tertiary/aromatic N) is 1. The highest BCUT2D eigenvalue weighted by Crippen LogP contribution is 2.25. The largest absolute Gasteiger partial charge is 0.371 e. The first-order chi connectivity index (χ1) is 11.7. The van der Waals surface area contributed by atoms with Crippen LogP contribution < -0.4 is 10.2 Å². The van der Waals surface area contributed by atoms with E-state index >= 15 is 0 Å². The van der Waals surface area contributed by atoms with Crippen LogP contribution in [0, 0.1) is 5.92 Å². The Morgan fingerprint density at radius 1 is 1.08 bits per heavy atom. The van der Waals surface area contributed by atoms with Gasteiger partial charge >= 0.3 is 0 Å². The van der Waals surface area contributed by atoms with Crippen LogP contribution in [0.3, 0.4) is 0 Å². The number of benzene rings is 2. The molecule has 0 aliphatic carbocycles. The molecule has 1 saturated heterocycles. The zero-order chi connectivity index (χ0) is 16.8. The monoisotopic (exact) mass is 342 g/mol. The summed E-state index contributed by atoms with van der Waals surface area (Å²) in [5.41, 5.74) is 2.40. The maximum absolute atomic E-state index is 12.3. The lowest BCUT2D eigenvalue weighted by Crippen LogP contribution is -2.41. The van der Waals surface area contributed by atoms with Gasteiger partial charge in [-0.05, 0) is 43.0 Å². The molecule has 1 aliphatic rings. The van der Waals surface area contributed by atoms with Crippen LogP contribution >= 0.6 is 11.6 Å². The number of hydrogen-bond donors (Lipinski definition) is 1. The summed E-state index contributed by atoms with van der Waals surface area (Å²) in [6.45, 7) is 2.51. The normalized spacial score (nSPS) is 15.3. The number of rotatable bonds is 5. The molecule has 24 heavy (non-hydrogen) atoms. The second-order valence-electron chi connectivity index (χ2n) is 6.27. The van der Waals surface area contributed by atoms with E-state index in [-0.39, 0.29) is 11.8 Å². The van der Waals surface area contributed by atoms with E-state index in [1.165, 1.54) is 5.56 Å². The topological polar surface area (TPSA) is 32.3 Å². The molecule has 3 rings (SSSR count). The number of carbonyl (C=O) groups is 1. The summed E-state index contributed by atoms with van der Waals surface area (Å²) in [5.74, 6) is 0.313. The summed E-state index contributed by atoms with van der Waals surface area (Å²) >= 11 is 6.06. The van der Waals surface area contributed by atoms with Gasteiger partial charge in [-0.1, -0.05) is 48.0 Å². The van der Waals surface area contributed by atoms with Crippen molar-refractivity contribution in [1.29, 1.82) is 0 Å². The Hall–Kier alpha value is -2.00. The van der Waals surface area contributed by atoms with Crippen molar-refractivity contribution >= 4 is 23.2 Å². The average molecular weight is 343 g/mol. The fraction of sp³-hybridized carbons (Fsp3) is 0.350. The van der Waals surface area contributed by atoms with E-state index in [1.54, 1.807) is 0 Å². The van der Waals surface area contributed by atoms with Crippen LogP contribution in [0.5, 0.6) is 0 Å². The first kappa shape index (κ1) is 16.8. The molecule has 4 heteroatoms. The molecule has 2 aromatic carbocycles. The van der Waals surface area contributed by atoms with E-state index in [9.17, 15) is 4.79 Å². The zero-order valence-corrected chi connectivity index (χ0v) is 14.5. The molecule has 2 aromatic rings. The maximum atomic E-state index is 12.3. The average Bonchev–Trinajstić information content (AvgIpc) is 2.63. The predicted octanol–water partition coefficient (Wildman–Crippen LogP) is 3.92. The van der Waals surface area contributed by atoms with Gasteiger partial charge in [0.05, 0.1) is 0 Å². The van der Waals surface area contributed by atoms with E-state index < -0.39 is 0 Å². The van der Waals surface area contributed by atoms with Crippen LogP contribution in [0.2, 0.25) is 5.02 Å². The number of nitrogens with one attached hydrogen (secondary N) is 1. The van der Waals surface area contributed by atoms with Crippen LogP contribution in [0.4, 0.5) is 5.69 Å². The zero-order valence-electron chi connectivity index (χ0n) is 13.7. The molecule has 0 atom stereocenters. The molecule has 126 valence electrons. The molecule has 1 amide bonds. The van der Waals surface area contributed by atoms with E-state index in [2.05, 4.69) is 28.4 Å². The smallest absolute Gasteiger partial charge is 0.223 e. The first-order valence-corrected chi connectivity index (χ1v) is 8.92. The predicted molar refractivity (Wildman–Crippen MR) is 99.5 cm³/mol. The van der Waals surface area contributed by atoms with Crippen molar-refractivity contribution in [3.8, 4) is 0 Å². The molecular formula is C20H23ClN2O. The Morgan fingerprint density at radius 3 is 2.54 bits per heavy atom. The van der Waals surface area contributed by atoms with Gasteiger partial charge in [0, 0.05) is 36.3 Å². The minimum absolute atomic E-state index is 0.121. The number of amides is 1. The summed E-state index contributed by atoms with van der Waals surface area (Å²) < 4.78 is 0. The third kappa shape index (κ3) is 4.51. The molecule has 0 radical (unpaired) electrons. The second kappa shape index (κ2) is 8.20. The minimum Gasteiger partial charge on any atom is -0.371 e. The van der Waals surface area contributed by atoms with Gasteiger partial charge in [0.2, 0.25) is 5.91 Å². The second-order valence-corrected chi connectivity index (χ2v) is 6.70. The van der Waals surface area contributed by atoms with Gasteiger partial charge in [-0.3, -0.25) is 4.79 Å². The van der Waals surface area contributed by atoms with E-state index in [1.807, 2.05) is 36.4 Å². The Labute approximate surface area is 148 Å². The highest BCUT2D eigenvalue weighted by Gasteiger charge is 2.24. The van der Waals surface area contributed by atoms with Crippen LogP contribution in [-0.2, 0) is 11.2 Å². The van der Waals surface area contributed by atoms with Crippen molar-refractivity contribution < 1.29 is 4.79 Å². The molecule has 0 aromatic heterocycles. The van der Waals surface area contributed by atoms with Crippen molar-refractivity contribution in [3.05, 3.63) is 65.2 Å². The lowest BCUT2D eigenvalue weighted by atomic mass is 9.95. The summed E-state index contributed by atoms with van der Waals surface area (Å²) in [5, 5.41) is 3.84. The molecule has 1 fully saturated rings. The van der Waals surface area contributed by atoms with E-state index in [0.29, 0.717) is 6.54 Å². The molecule has 0 unspecified atom stereocenters. The van der Waals surface area contributed by atoms with Crippen LogP contribution in [-0.4, -0.2) is 25.5 Å². The van der Waals surface area contributed by atoms with Crippen molar-refractivity contribution in [1.82, 2.24) is 5.32 Å². The van der Waals surface area contributed by atoms with E-state index in [4.69, 9.17) is 11.6 Å². The maximum Gasteiger partial charge on any atom is 0.223 e. The van der Waals surface area contributed by atoms with E-state index in [0.717, 1.165) is 43.1 Å². The number of piperidine rings is 1. The lowest BCUT2D eigenvalue weighted by molar-refractivity contribution is -0.125. The Kier molecular flexibility index (Phi) is 5.76. The number of carbonyl (C=O) groups excluding carboxylic acids is 1. The van der Waals surface area contributed by atoms with Crippen molar-refractivity contribution in [2.45, 2.75) is 19.3 Å². The van der Waals surface area contributed by atoms with Gasteiger partial charge in [-0.2, -0.15) is 0 Å².